The summed E-state index contributed by atoms with van der Waals surface area (Å²) in [5.74, 6) is 2.21. The van der Waals surface area contributed by atoms with Gasteiger partial charge in [-0.15, -0.1) is 0 Å². The first-order chi connectivity index (χ1) is 10.5. The summed E-state index contributed by atoms with van der Waals surface area (Å²) in [6.07, 6.45) is 0. The zero-order valence-electron chi connectivity index (χ0n) is 13.8. The molecular weight excluding hydrogens is 278 g/mol. The fourth-order valence-electron chi connectivity index (χ4n) is 2.67. The zero-order valence-corrected chi connectivity index (χ0v) is 13.8. The Kier molecular flexibility index (Phi) is 4.91. The van der Waals surface area contributed by atoms with Crippen LogP contribution in [0, 0.1) is 13.8 Å². The van der Waals surface area contributed by atoms with Crippen LogP contribution in [-0.2, 0) is 0 Å². The van der Waals surface area contributed by atoms with Gasteiger partial charge < -0.3 is 14.1 Å². The highest BCUT2D eigenvalue weighted by Crippen LogP contribution is 2.26. The second kappa shape index (κ2) is 6.69. The van der Waals surface area contributed by atoms with Crippen LogP contribution < -0.4 is 4.74 Å². The molecule has 1 amide bonds. The highest BCUT2D eigenvalue weighted by molar-refractivity contribution is 5.95. The van der Waals surface area contributed by atoms with Gasteiger partial charge in [-0.3, -0.25) is 4.79 Å². The highest BCUT2D eigenvalue weighted by Gasteiger charge is 2.24. The molecule has 1 unspecified atom stereocenters. The van der Waals surface area contributed by atoms with E-state index in [2.05, 4.69) is 0 Å². The Labute approximate surface area is 131 Å². The molecule has 0 saturated heterocycles. The van der Waals surface area contributed by atoms with Crippen molar-refractivity contribution >= 4 is 5.91 Å². The lowest BCUT2D eigenvalue weighted by atomic mass is 10.1. The molecule has 0 fully saturated rings. The lowest BCUT2D eigenvalue weighted by Gasteiger charge is -2.28. The van der Waals surface area contributed by atoms with Crippen molar-refractivity contribution in [2.45, 2.75) is 33.7 Å². The minimum Gasteiger partial charge on any atom is -0.497 e. The number of benzene rings is 1. The summed E-state index contributed by atoms with van der Waals surface area (Å²) in [5, 5.41) is 0. The maximum atomic E-state index is 12.8. The van der Waals surface area contributed by atoms with E-state index in [1.165, 1.54) is 0 Å². The van der Waals surface area contributed by atoms with Gasteiger partial charge in [0.15, 0.2) is 0 Å². The van der Waals surface area contributed by atoms with Gasteiger partial charge in [-0.05, 0) is 51.5 Å². The SMILES string of the molecule is CCN(C(=O)c1cc(C)oc1C)C(C)c1cccc(OC)c1. The number of aryl methyl sites for hydroxylation is 2. The zero-order chi connectivity index (χ0) is 16.3. The number of carbonyl (C=O) groups is 1. The van der Waals surface area contributed by atoms with Crippen LogP contribution in [0.25, 0.3) is 0 Å². The van der Waals surface area contributed by atoms with Crippen LogP contribution in [0.3, 0.4) is 0 Å². The Morgan fingerprint density at radius 2 is 2.05 bits per heavy atom. The summed E-state index contributed by atoms with van der Waals surface area (Å²) in [5.41, 5.74) is 1.68. The molecule has 0 spiro atoms. The van der Waals surface area contributed by atoms with Crippen molar-refractivity contribution in [3.63, 3.8) is 0 Å². The molecule has 0 aliphatic carbocycles. The molecule has 118 valence electrons. The van der Waals surface area contributed by atoms with Gasteiger partial charge in [-0.1, -0.05) is 12.1 Å². The molecule has 1 heterocycles. The number of hydrogen-bond acceptors (Lipinski definition) is 3. The lowest BCUT2D eigenvalue weighted by Crippen LogP contribution is -2.33. The van der Waals surface area contributed by atoms with Crippen molar-refractivity contribution in [1.29, 1.82) is 0 Å². The normalized spacial score (nSPS) is 12.0. The Bertz CT molecular complexity index is 660. The minimum atomic E-state index is -0.0396. The first kappa shape index (κ1) is 16.1. The van der Waals surface area contributed by atoms with Gasteiger partial charge in [0.25, 0.3) is 5.91 Å². The quantitative estimate of drug-likeness (QED) is 0.834. The van der Waals surface area contributed by atoms with Gasteiger partial charge in [-0.25, -0.2) is 0 Å². The molecule has 0 aliphatic rings. The smallest absolute Gasteiger partial charge is 0.257 e. The molecular formula is C18H23NO3. The summed E-state index contributed by atoms with van der Waals surface area (Å²) in [7, 11) is 1.64. The topological polar surface area (TPSA) is 42.7 Å². The van der Waals surface area contributed by atoms with Crippen LogP contribution in [0.5, 0.6) is 5.75 Å². The van der Waals surface area contributed by atoms with Crippen LogP contribution in [0.1, 0.15) is 47.3 Å². The number of furan rings is 1. The monoisotopic (exact) mass is 301 g/mol. The number of nitrogens with zero attached hydrogens (tertiary/aromatic N) is 1. The van der Waals surface area contributed by atoms with Crippen molar-refractivity contribution in [1.82, 2.24) is 4.90 Å². The Morgan fingerprint density at radius 3 is 2.59 bits per heavy atom. The molecule has 1 atom stereocenters. The third kappa shape index (κ3) is 3.16. The largest absolute Gasteiger partial charge is 0.497 e. The predicted octanol–water partition coefficient (Wildman–Crippen LogP) is 4.13. The van der Waals surface area contributed by atoms with Gasteiger partial charge in [-0.2, -0.15) is 0 Å². The van der Waals surface area contributed by atoms with E-state index in [1.54, 1.807) is 13.2 Å². The van der Waals surface area contributed by atoms with Crippen LogP contribution in [-0.4, -0.2) is 24.5 Å². The second-order valence-corrected chi connectivity index (χ2v) is 5.37. The van der Waals surface area contributed by atoms with Crippen LogP contribution in [0.4, 0.5) is 0 Å². The van der Waals surface area contributed by atoms with E-state index >= 15 is 0 Å². The molecule has 4 nitrogen and oxygen atoms in total. The van der Waals surface area contributed by atoms with E-state index in [4.69, 9.17) is 9.15 Å². The number of hydrogen-bond donors (Lipinski definition) is 0. The Morgan fingerprint density at radius 1 is 1.32 bits per heavy atom. The molecule has 0 saturated carbocycles. The number of carbonyl (C=O) groups excluding carboxylic acids is 1. The molecule has 1 aromatic heterocycles. The molecule has 2 rings (SSSR count). The van der Waals surface area contributed by atoms with Crippen molar-refractivity contribution < 1.29 is 13.9 Å². The summed E-state index contributed by atoms with van der Waals surface area (Å²) in [4.78, 5) is 14.7. The fourth-order valence-corrected chi connectivity index (χ4v) is 2.67. The van der Waals surface area contributed by atoms with Crippen LogP contribution in [0.15, 0.2) is 34.7 Å². The number of ether oxygens (including phenoxy) is 1. The van der Waals surface area contributed by atoms with E-state index < -0.39 is 0 Å². The Hall–Kier alpha value is -2.23. The summed E-state index contributed by atoms with van der Waals surface area (Å²) < 4.78 is 10.8. The lowest BCUT2D eigenvalue weighted by molar-refractivity contribution is 0.0700. The summed E-state index contributed by atoms with van der Waals surface area (Å²) in [6.45, 7) is 8.31. The van der Waals surface area contributed by atoms with Crippen LogP contribution in [0.2, 0.25) is 0 Å². The van der Waals surface area contributed by atoms with E-state index in [0.29, 0.717) is 17.9 Å². The predicted molar refractivity (Wildman–Crippen MR) is 86.3 cm³/mol. The van der Waals surface area contributed by atoms with E-state index in [-0.39, 0.29) is 11.9 Å². The average Bonchev–Trinajstić information content (AvgIpc) is 2.86. The number of rotatable bonds is 5. The van der Waals surface area contributed by atoms with E-state index in [9.17, 15) is 4.79 Å². The third-order valence-corrected chi connectivity index (χ3v) is 3.92. The van der Waals surface area contributed by atoms with Gasteiger partial charge in [0, 0.05) is 6.54 Å². The minimum absolute atomic E-state index is 0.00725. The average molecular weight is 301 g/mol. The fraction of sp³-hybridized carbons (Fsp3) is 0.389. The van der Waals surface area contributed by atoms with Crippen molar-refractivity contribution in [3.05, 3.63) is 53.0 Å². The molecule has 0 bridgehead atoms. The van der Waals surface area contributed by atoms with Gasteiger partial charge in [0.1, 0.15) is 17.3 Å². The van der Waals surface area contributed by atoms with Crippen LogP contribution >= 0.6 is 0 Å². The standard InChI is InChI=1S/C18H23NO3/c1-6-19(18(20)17-10-12(2)22-14(17)4)13(3)15-8-7-9-16(11-15)21-5/h7-11,13H,6H2,1-5H3. The third-order valence-electron chi connectivity index (χ3n) is 3.92. The first-order valence-electron chi connectivity index (χ1n) is 7.49. The highest BCUT2D eigenvalue weighted by atomic mass is 16.5. The molecule has 0 aliphatic heterocycles. The maximum absolute atomic E-state index is 12.8. The molecule has 22 heavy (non-hydrogen) atoms. The Balaban J connectivity index is 2.30. The molecule has 0 N–H and O–H groups in total. The van der Waals surface area contributed by atoms with Crippen molar-refractivity contribution in [2.75, 3.05) is 13.7 Å². The van der Waals surface area contributed by atoms with E-state index in [0.717, 1.165) is 17.1 Å². The molecule has 2 aromatic rings. The van der Waals surface area contributed by atoms with Gasteiger partial charge in [0.2, 0.25) is 0 Å². The number of amides is 1. The molecule has 4 heteroatoms. The van der Waals surface area contributed by atoms with Crippen molar-refractivity contribution in [2.24, 2.45) is 0 Å². The summed E-state index contributed by atoms with van der Waals surface area (Å²) >= 11 is 0. The first-order valence-corrected chi connectivity index (χ1v) is 7.49. The van der Waals surface area contributed by atoms with Gasteiger partial charge >= 0.3 is 0 Å². The second-order valence-electron chi connectivity index (χ2n) is 5.37. The molecule has 1 aromatic carbocycles. The summed E-state index contributed by atoms with van der Waals surface area (Å²) in [6, 6.07) is 9.58. The van der Waals surface area contributed by atoms with Gasteiger partial charge in [0.05, 0.1) is 18.7 Å². The van der Waals surface area contributed by atoms with E-state index in [1.807, 2.05) is 56.9 Å². The number of methoxy groups -OCH3 is 1. The van der Waals surface area contributed by atoms with Crippen molar-refractivity contribution in [3.8, 4) is 5.75 Å². The maximum Gasteiger partial charge on any atom is 0.257 e. The molecule has 0 radical (unpaired) electrons.